The summed E-state index contributed by atoms with van der Waals surface area (Å²) < 4.78 is 2.41. The highest BCUT2D eigenvalue weighted by molar-refractivity contribution is 7.80. The minimum atomic E-state index is 0.640. The molecule has 1 atom stereocenters. The minimum Gasteiger partial charge on any atom is -0.328 e. The number of aromatic nitrogens is 2. The predicted molar refractivity (Wildman–Crippen MR) is 86.0 cm³/mol. The predicted octanol–water partition coefficient (Wildman–Crippen LogP) is 4.33. The molecule has 0 amide bonds. The van der Waals surface area contributed by atoms with Gasteiger partial charge in [0.15, 0.2) is 0 Å². The third kappa shape index (κ3) is 3.33. The Bertz CT molecular complexity index is 518. The van der Waals surface area contributed by atoms with Crippen molar-refractivity contribution >= 4 is 23.7 Å². The number of thiol groups is 1. The van der Waals surface area contributed by atoms with E-state index in [1.54, 1.807) is 0 Å². The Labute approximate surface area is 121 Å². The van der Waals surface area contributed by atoms with Crippen LogP contribution in [0.2, 0.25) is 0 Å². The second-order valence-corrected chi connectivity index (χ2v) is 5.58. The van der Waals surface area contributed by atoms with Gasteiger partial charge in [-0.05, 0) is 36.6 Å². The van der Waals surface area contributed by atoms with Gasteiger partial charge in [-0.1, -0.05) is 32.4 Å². The van der Waals surface area contributed by atoms with Crippen molar-refractivity contribution in [3.8, 4) is 0 Å². The zero-order valence-corrected chi connectivity index (χ0v) is 12.9. The highest BCUT2D eigenvalue weighted by atomic mass is 32.1. The minimum absolute atomic E-state index is 0.640. The first-order chi connectivity index (χ1) is 9.30. The number of nitrogens with zero attached hydrogens (tertiary/aromatic N) is 2. The van der Waals surface area contributed by atoms with E-state index >= 15 is 0 Å². The second kappa shape index (κ2) is 6.99. The summed E-state index contributed by atoms with van der Waals surface area (Å²) in [5.74, 6) is 2.82. The number of imidazole rings is 1. The largest absolute Gasteiger partial charge is 0.328 e. The van der Waals surface area contributed by atoms with Gasteiger partial charge in [-0.2, -0.15) is 12.6 Å². The van der Waals surface area contributed by atoms with E-state index in [0.717, 1.165) is 30.7 Å². The maximum atomic E-state index is 4.79. The van der Waals surface area contributed by atoms with Crippen LogP contribution >= 0.6 is 12.6 Å². The lowest BCUT2D eigenvalue weighted by molar-refractivity contribution is 0.450. The molecular formula is C16H24N2S. The quantitative estimate of drug-likeness (QED) is 0.745. The van der Waals surface area contributed by atoms with Crippen LogP contribution in [0, 0.1) is 5.92 Å². The number of fused-ring (bicyclic) bond motifs is 1. The molecule has 0 aliphatic heterocycles. The molecule has 1 aromatic carbocycles. The van der Waals surface area contributed by atoms with E-state index in [2.05, 4.69) is 55.3 Å². The van der Waals surface area contributed by atoms with Crippen molar-refractivity contribution in [2.45, 2.75) is 46.1 Å². The summed E-state index contributed by atoms with van der Waals surface area (Å²) in [6.45, 7) is 5.51. The standard InChI is InChI=1S/C16H24N2S/c1-3-7-13(12-19)11-18-15-10-6-5-9-14(15)17-16(18)8-4-2/h5-6,9-10,13,19H,3-4,7-8,11-12H2,1-2H3. The number of aryl methyl sites for hydroxylation is 1. The molecule has 0 spiro atoms. The monoisotopic (exact) mass is 276 g/mol. The van der Waals surface area contributed by atoms with Gasteiger partial charge in [0, 0.05) is 13.0 Å². The smallest absolute Gasteiger partial charge is 0.109 e. The maximum absolute atomic E-state index is 4.79. The third-order valence-corrected chi connectivity index (χ3v) is 4.12. The first-order valence-corrected chi connectivity index (χ1v) is 7.98. The molecule has 19 heavy (non-hydrogen) atoms. The third-order valence-electron chi connectivity index (χ3n) is 3.60. The Morgan fingerprint density at radius 1 is 1.21 bits per heavy atom. The Morgan fingerprint density at radius 2 is 2.00 bits per heavy atom. The molecule has 2 nitrogen and oxygen atoms in total. The lowest BCUT2D eigenvalue weighted by Crippen LogP contribution is -2.14. The fourth-order valence-corrected chi connectivity index (χ4v) is 2.95. The zero-order valence-electron chi connectivity index (χ0n) is 12.0. The van der Waals surface area contributed by atoms with Gasteiger partial charge in [0.1, 0.15) is 5.82 Å². The van der Waals surface area contributed by atoms with E-state index < -0.39 is 0 Å². The SMILES string of the molecule is CCCc1nc2ccccc2n1CC(CS)CCC. The van der Waals surface area contributed by atoms with E-state index in [0.29, 0.717) is 5.92 Å². The van der Waals surface area contributed by atoms with Gasteiger partial charge in [0.2, 0.25) is 0 Å². The molecule has 3 heteroatoms. The van der Waals surface area contributed by atoms with E-state index in [1.807, 2.05) is 0 Å². The highest BCUT2D eigenvalue weighted by Crippen LogP contribution is 2.21. The van der Waals surface area contributed by atoms with Gasteiger partial charge in [0.25, 0.3) is 0 Å². The molecule has 1 heterocycles. The van der Waals surface area contributed by atoms with E-state index in [-0.39, 0.29) is 0 Å². The molecule has 104 valence electrons. The molecule has 0 fully saturated rings. The first kappa shape index (κ1) is 14.4. The number of para-hydroxylation sites is 2. The van der Waals surface area contributed by atoms with Crippen molar-refractivity contribution in [2.75, 3.05) is 5.75 Å². The summed E-state index contributed by atoms with van der Waals surface area (Å²) in [6, 6.07) is 8.47. The summed E-state index contributed by atoms with van der Waals surface area (Å²) in [4.78, 5) is 4.79. The molecule has 0 bridgehead atoms. The van der Waals surface area contributed by atoms with Gasteiger partial charge < -0.3 is 4.57 Å². The molecule has 0 aliphatic rings. The molecular weight excluding hydrogens is 252 g/mol. The molecule has 1 aromatic heterocycles. The normalized spacial score (nSPS) is 13.0. The zero-order chi connectivity index (χ0) is 13.7. The average Bonchev–Trinajstić information content (AvgIpc) is 2.77. The lowest BCUT2D eigenvalue weighted by Gasteiger charge is -2.17. The van der Waals surface area contributed by atoms with Crippen molar-refractivity contribution in [1.82, 2.24) is 9.55 Å². The fourth-order valence-electron chi connectivity index (χ4n) is 2.65. The summed E-state index contributed by atoms with van der Waals surface area (Å²) in [6.07, 6.45) is 4.66. The highest BCUT2D eigenvalue weighted by Gasteiger charge is 2.13. The summed E-state index contributed by atoms with van der Waals surface area (Å²) in [5.41, 5.74) is 2.40. The number of rotatable bonds is 7. The first-order valence-electron chi connectivity index (χ1n) is 7.35. The number of hydrogen-bond acceptors (Lipinski definition) is 2. The molecule has 0 aliphatic carbocycles. The van der Waals surface area contributed by atoms with Gasteiger partial charge in [0.05, 0.1) is 11.0 Å². The number of benzene rings is 1. The van der Waals surface area contributed by atoms with Gasteiger partial charge >= 0.3 is 0 Å². The van der Waals surface area contributed by atoms with Crippen LogP contribution in [0.3, 0.4) is 0 Å². The molecule has 1 unspecified atom stereocenters. The summed E-state index contributed by atoms with van der Waals surface area (Å²) in [7, 11) is 0. The Kier molecular flexibility index (Phi) is 5.32. The maximum Gasteiger partial charge on any atom is 0.109 e. The molecule has 2 rings (SSSR count). The van der Waals surface area contributed by atoms with Crippen LogP contribution in [0.25, 0.3) is 11.0 Å². The van der Waals surface area contributed by atoms with Crippen LogP contribution in [0.15, 0.2) is 24.3 Å². The van der Waals surface area contributed by atoms with Crippen LogP contribution in [0.5, 0.6) is 0 Å². The van der Waals surface area contributed by atoms with Crippen LogP contribution in [0.4, 0.5) is 0 Å². The molecule has 0 N–H and O–H groups in total. The topological polar surface area (TPSA) is 17.8 Å². The molecule has 0 saturated heterocycles. The summed E-state index contributed by atoms with van der Waals surface area (Å²) in [5, 5.41) is 0. The molecule has 0 radical (unpaired) electrons. The van der Waals surface area contributed by atoms with Crippen molar-refractivity contribution < 1.29 is 0 Å². The van der Waals surface area contributed by atoms with E-state index in [9.17, 15) is 0 Å². The van der Waals surface area contributed by atoms with Crippen LogP contribution < -0.4 is 0 Å². The van der Waals surface area contributed by atoms with Gasteiger partial charge in [-0.3, -0.25) is 0 Å². The second-order valence-electron chi connectivity index (χ2n) is 5.21. The Hall–Kier alpha value is -0.960. The van der Waals surface area contributed by atoms with E-state index in [4.69, 9.17) is 4.98 Å². The number of hydrogen-bond donors (Lipinski definition) is 1. The average molecular weight is 276 g/mol. The molecule has 0 saturated carbocycles. The van der Waals surface area contributed by atoms with Crippen LogP contribution in [-0.2, 0) is 13.0 Å². The van der Waals surface area contributed by atoms with Gasteiger partial charge in [-0.15, -0.1) is 0 Å². The fraction of sp³-hybridized carbons (Fsp3) is 0.562. The van der Waals surface area contributed by atoms with Crippen LogP contribution in [-0.4, -0.2) is 15.3 Å². The Balaban J connectivity index is 2.35. The van der Waals surface area contributed by atoms with Crippen LogP contribution in [0.1, 0.15) is 38.9 Å². The van der Waals surface area contributed by atoms with Gasteiger partial charge in [-0.25, -0.2) is 4.98 Å². The Morgan fingerprint density at radius 3 is 2.68 bits per heavy atom. The van der Waals surface area contributed by atoms with E-state index in [1.165, 1.54) is 24.2 Å². The summed E-state index contributed by atoms with van der Waals surface area (Å²) >= 11 is 4.51. The van der Waals surface area contributed by atoms with Crippen molar-refractivity contribution in [3.63, 3.8) is 0 Å². The van der Waals surface area contributed by atoms with Crippen molar-refractivity contribution in [2.24, 2.45) is 5.92 Å². The van der Waals surface area contributed by atoms with Crippen molar-refractivity contribution in [1.29, 1.82) is 0 Å². The molecule has 2 aromatic rings. The van der Waals surface area contributed by atoms with Crippen molar-refractivity contribution in [3.05, 3.63) is 30.1 Å². The lowest BCUT2D eigenvalue weighted by atomic mass is 10.1.